The number of hydrogen-bond donors (Lipinski definition) is 3. The van der Waals surface area contributed by atoms with Gasteiger partial charge in [0.1, 0.15) is 0 Å². The third-order valence-electron chi connectivity index (χ3n) is 4.26. The van der Waals surface area contributed by atoms with Crippen LogP contribution in [0.15, 0.2) is 0 Å². The van der Waals surface area contributed by atoms with Crippen LogP contribution in [0.2, 0.25) is 0 Å². The van der Waals surface area contributed by atoms with Crippen molar-refractivity contribution in [1.29, 1.82) is 0 Å². The first-order valence-corrected chi connectivity index (χ1v) is 6.81. The lowest BCUT2D eigenvalue weighted by Crippen LogP contribution is -2.44. The van der Waals surface area contributed by atoms with E-state index < -0.39 is 5.60 Å². The fourth-order valence-electron chi connectivity index (χ4n) is 3.13. The number of nitrogens with one attached hydrogen (secondary N) is 1. The number of hydrogen-bond acceptors (Lipinski definition) is 3. The molecule has 2 fully saturated rings. The largest absolute Gasteiger partial charge is 0.393 e. The second kappa shape index (κ2) is 5.48. The van der Waals surface area contributed by atoms with Gasteiger partial charge in [0.2, 0.25) is 0 Å². The molecule has 0 aromatic heterocycles. The highest BCUT2D eigenvalue weighted by molar-refractivity contribution is 4.86. The van der Waals surface area contributed by atoms with Gasteiger partial charge in [0, 0.05) is 13.1 Å². The monoisotopic (exact) mass is 227 g/mol. The van der Waals surface area contributed by atoms with Crippen molar-refractivity contribution in [2.24, 2.45) is 5.92 Å². The summed E-state index contributed by atoms with van der Waals surface area (Å²) in [6, 6.07) is 0. The molecule has 0 bridgehead atoms. The van der Waals surface area contributed by atoms with Crippen LogP contribution in [-0.2, 0) is 0 Å². The van der Waals surface area contributed by atoms with E-state index in [1.165, 1.54) is 6.42 Å². The summed E-state index contributed by atoms with van der Waals surface area (Å²) in [7, 11) is 0. The maximum atomic E-state index is 10.3. The molecule has 0 aromatic carbocycles. The topological polar surface area (TPSA) is 52.5 Å². The molecule has 0 saturated heterocycles. The maximum Gasteiger partial charge on any atom is 0.0771 e. The van der Waals surface area contributed by atoms with Crippen LogP contribution < -0.4 is 5.32 Å². The Bertz CT molecular complexity index is 214. The molecule has 2 saturated carbocycles. The van der Waals surface area contributed by atoms with Gasteiger partial charge in [-0.2, -0.15) is 0 Å². The Balaban J connectivity index is 1.66. The van der Waals surface area contributed by atoms with Crippen LogP contribution in [0, 0.1) is 5.92 Å². The van der Waals surface area contributed by atoms with Crippen molar-refractivity contribution >= 4 is 0 Å². The predicted molar refractivity (Wildman–Crippen MR) is 64.3 cm³/mol. The Morgan fingerprint density at radius 1 is 1.06 bits per heavy atom. The van der Waals surface area contributed by atoms with E-state index in [4.69, 9.17) is 0 Å². The summed E-state index contributed by atoms with van der Waals surface area (Å²) in [5.41, 5.74) is -0.470. The van der Waals surface area contributed by atoms with Crippen LogP contribution in [-0.4, -0.2) is 35.0 Å². The molecule has 0 amide bonds. The summed E-state index contributed by atoms with van der Waals surface area (Å²) in [5.74, 6) is 0.409. The van der Waals surface area contributed by atoms with Crippen molar-refractivity contribution in [1.82, 2.24) is 5.32 Å². The molecule has 3 heteroatoms. The molecule has 2 aliphatic rings. The van der Waals surface area contributed by atoms with Gasteiger partial charge in [-0.3, -0.25) is 0 Å². The van der Waals surface area contributed by atoms with Crippen LogP contribution in [0.1, 0.15) is 51.4 Å². The first-order valence-electron chi connectivity index (χ1n) is 6.81. The van der Waals surface area contributed by atoms with Crippen LogP contribution >= 0.6 is 0 Å². The molecule has 94 valence electrons. The Morgan fingerprint density at radius 2 is 1.81 bits per heavy atom. The van der Waals surface area contributed by atoms with Crippen molar-refractivity contribution in [3.8, 4) is 0 Å². The molecule has 0 spiro atoms. The van der Waals surface area contributed by atoms with Crippen LogP contribution in [0.3, 0.4) is 0 Å². The summed E-state index contributed by atoms with van der Waals surface area (Å²) < 4.78 is 0. The van der Waals surface area contributed by atoms with Crippen molar-refractivity contribution < 1.29 is 10.2 Å². The Morgan fingerprint density at radius 3 is 2.44 bits per heavy atom. The molecule has 16 heavy (non-hydrogen) atoms. The highest BCUT2D eigenvalue weighted by Gasteiger charge is 2.30. The third-order valence-corrected chi connectivity index (χ3v) is 4.26. The third kappa shape index (κ3) is 3.19. The molecule has 0 heterocycles. The smallest absolute Gasteiger partial charge is 0.0771 e. The number of rotatable bonds is 4. The van der Waals surface area contributed by atoms with Gasteiger partial charge in [-0.1, -0.05) is 25.7 Å². The van der Waals surface area contributed by atoms with E-state index in [2.05, 4.69) is 5.32 Å². The molecule has 2 rings (SSSR count). The molecule has 2 unspecified atom stereocenters. The van der Waals surface area contributed by atoms with E-state index >= 15 is 0 Å². The lowest BCUT2D eigenvalue weighted by molar-refractivity contribution is 0.00303. The molecule has 2 atom stereocenters. The van der Waals surface area contributed by atoms with E-state index in [-0.39, 0.29) is 6.10 Å². The fourth-order valence-corrected chi connectivity index (χ4v) is 3.13. The molecule has 3 N–H and O–H groups in total. The second-order valence-corrected chi connectivity index (χ2v) is 5.67. The zero-order valence-corrected chi connectivity index (χ0v) is 10.1. The SMILES string of the molecule is OC1CCCC1CNCC1(O)CCCCC1. The summed E-state index contributed by atoms with van der Waals surface area (Å²) in [6.07, 6.45) is 8.58. The first kappa shape index (κ1) is 12.3. The van der Waals surface area contributed by atoms with Crippen LogP contribution in [0.4, 0.5) is 0 Å². The van der Waals surface area contributed by atoms with Crippen molar-refractivity contribution in [3.63, 3.8) is 0 Å². The Kier molecular flexibility index (Phi) is 4.22. The fraction of sp³-hybridized carbons (Fsp3) is 1.00. The second-order valence-electron chi connectivity index (χ2n) is 5.67. The Labute approximate surface area is 98.2 Å². The summed E-state index contributed by atoms with van der Waals surface area (Å²) in [4.78, 5) is 0. The summed E-state index contributed by atoms with van der Waals surface area (Å²) in [5, 5.41) is 23.3. The summed E-state index contributed by atoms with van der Waals surface area (Å²) >= 11 is 0. The van der Waals surface area contributed by atoms with E-state index in [1.807, 2.05) is 0 Å². The molecular weight excluding hydrogens is 202 g/mol. The zero-order chi connectivity index (χ0) is 11.4. The van der Waals surface area contributed by atoms with E-state index in [0.717, 1.165) is 51.5 Å². The van der Waals surface area contributed by atoms with Crippen molar-refractivity contribution in [2.45, 2.75) is 63.1 Å². The van der Waals surface area contributed by atoms with Gasteiger partial charge in [-0.05, 0) is 31.6 Å². The van der Waals surface area contributed by atoms with Crippen LogP contribution in [0.5, 0.6) is 0 Å². The normalized spacial score (nSPS) is 34.1. The van der Waals surface area contributed by atoms with E-state index in [0.29, 0.717) is 12.5 Å². The molecule has 0 radical (unpaired) electrons. The van der Waals surface area contributed by atoms with Crippen molar-refractivity contribution in [3.05, 3.63) is 0 Å². The minimum absolute atomic E-state index is 0.117. The van der Waals surface area contributed by atoms with Gasteiger partial charge < -0.3 is 15.5 Å². The lowest BCUT2D eigenvalue weighted by Gasteiger charge is -2.32. The van der Waals surface area contributed by atoms with E-state index in [9.17, 15) is 10.2 Å². The quantitative estimate of drug-likeness (QED) is 0.681. The van der Waals surface area contributed by atoms with Gasteiger partial charge >= 0.3 is 0 Å². The average molecular weight is 227 g/mol. The van der Waals surface area contributed by atoms with Gasteiger partial charge in [0.05, 0.1) is 11.7 Å². The molecule has 3 nitrogen and oxygen atoms in total. The minimum atomic E-state index is -0.470. The van der Waals surface area contributed by atoms with Crippen molar-refractivity contribution in [2.75, 3.05) is 13.1 Å². The van der Waals surface area contributed by atoms with Gasteiger partial charge in [0.25, 0.3) is 0 Å². The number of aliphatic hydroxyl groups excluding tert-OH is 1. The van der Waals surface area contributed by atoms with E-state index in [1.54, 1.807) is 0 Å². The van der Waals surface area contributed by atoms with Gasteiger partial charge in [0.15, 0.2) is 0 Å². The maximum absolute atomic E-state index is 10.3. The highest BCUT2D eigenvalue weighted by atomic mass is 16.3. The first-order chi connectivity index (χ1) is 7.70. The lowest BCUT2D eigenvalue weighted by atomic mass is 9.85. The van der Waals surface area contributed by atoms with Crippen LogP contribution in [0.25, 0.3) is 0 Å². The summed E-state index contributed by atoms with van der Waals surface area (Å²) in [6.45, 7) is 1.57. The zero-order valence-electron chi connectivity index (χ0n) is 10.1. The highest BCUT2D eigenvalue weighted by Crippen LogP contribution is 2.28. The molecule has 0 aliphatic heterocycles. The number of aliphatic hydroxyl groups is 2. The predicted octanol–water partition coefficient (Wildman–Crippen LogP) is 1.43. The molecular formula is C13H25NO2. The Hall–Kier alpha value is -0.120. The van der Waals surface area contributed by atoms with Gasteiger partial charge in [-0.15, -0.1) is 0 Å². The standard InChI is InChI=1S/C13H25NO2/c15-12-6-4-5-11(12)9-14-10-13(16)7-2-1-3-8-13/h11-12,14-16H,1-10H2. The minimum Gasteiger partial charge on any atom is -0.393 e. The molecule has 0 aromatic rings. The van der Waals surface area contributed by atoms with Gasteiger partial charge in [-0.25, -0.2) is 0 Å². The molecule has 2 aliphatic carbocycles. The average Bonchev–Trinajstić information content (AvgIpc) is 2.65.